The molecule has 104 valence electrons. The molecule has 3 rings (SSSR count). The highest BCUT2D eigenvalue weighted by atomic mass is 79.9. The molecule has 2 atom stereocenters. The van der Waals surface area contributed by atoms with Crippen molar-refractivity contribution in [3.8, 4) is 5.75 Å². The zero-order valence-corrected chi connectivity index (χ0v) is 13.3. The monoisotopic (exact) mass is 331 g/mol. The minimum Gasteiger partial charge on any atom is -0.493 e. The van der Waals surface area contributed by atoms with Crippen LogP contribution in [0, 0.1) is 12.8 Å². The van der Waals surface area contributed by atoms with Gasteiger partial charge in [-0.2, -0.15) is 0 Å². The quantitative estimate of drug-likeness (QED) is 0.841. The van der Waals surface area contributed by atoms with Crippen LogP contribution in [0.5, 0.6) is 5.75 Å². The molecule has 2 nitrogen and oxygen atoms in total. The Labute approximate surface area is 128 Å². The molecule has 1 aliphatic heterocycles. The largest absolute Gasteiger partial charge is 0.493 e. The van der Waals surface area contributed by atoms with E-state index in [4.69, 9.17) is 4.74 Å². The molecule has 0 aliphatic carbocycles. The lowest BCUT2D eigenvalue weighted by molar-refractivity contribution is 0.214. The number of hydrogen-bond acceptors (Lipinski definition) is 2. The smallest absolute Gasteiger partial charge is 0.124 e. The maximum atomic E-state index is 5.81. The van der Waals surface area contributed by atoms with E-state index in [0.29, 0.717) is 5.92 Å². The minimum atomic E-state index is 0.285. The molecular weight excluding hydrogens is 314 g/mol. The van der Waals surface area contributed by atoms with E-state index in [2.05, 4.69) is 65.4 Å². The molecule has 0 spiro atoms. The summed E-state index contributed by atoms with van der Waals surface area (Å²) >= 11 is 3.59. The number of anilines is 1. The first-order chi connectivity index (χ1) is 9.66. The fraction of sp³-hybridized carbons (Fsp3) is 0.294. The van der Waals surface area contributed by atoms with Crippen LogP contribution in [0.3, 0.4) is 0 Å². The Balaban J connectivity index is 1.96. The number of nitrogens with one attached hydrogen (secondary N) is 1. The lowest BCUT2D eigenvalue weighted by Crippen LogP contribution is -2.29. The van der Waals surface area contributed by atoms with Gasteiger partial charge in [-0.15, -0.1) is 0 Å². The highest BCUT2D eigenvalue weighted by Gasteiger charge is 2.27. The van der Waals surface area contributed by atoms with E-state index >= 15 is 0 Å². The van der Waals surface area contributed by atoms with E-state index in [0.717, 1.165) is 16.8 Å². The van der Waals surface area contributed by atoms with Crippen LogP contribution in [0.25, 0.3) is 0 Å². The molecule has 1 heterocycles. The summed E-state index contributed by atoms with van der Waals surface area (Å²) in [5.41, 5.74) is 3.65. The summed E-state index contributed by atoms with van der Waals surface area (Å²) in [7, 11) is 0. The summed E-state index contributed by atoms with van der Waals surface area (Å²) in [4.78, 5) is 0. The molecule has 0 aromatic heterocycles. The maximum absolute atomic E-state index is 5.81. The van der Waals surface area contributed by atoms with Crippen LogP contribution in [0.1, 0.15) is 24.1 Å². The van der Waals surface area contributed by atoms with Crippen LogP contribution in [0.2, 0.25) is 0 Å². The molecular formula is C17H18BrNO. The Bertz CT molecular complexity index is 626. The van der Waals surface area contributed by atoms with Gasteiger partial charge in [0.05, 0.1) is 12.6 Å². The van der Waals surface area contributed by atoms with Gasteiger partial charge in [0, 0.05) is 21.6 Å². The van der Waals surface area contributed by atoms with Crippen LogP contribution in [0.4, 0.5) is 5.69 Å². The molecule has 0 amide bonds. The summed E-state index contributed by atoms with van der Waals surface area (Å²) < 4.78 is 6.94. The first-order valence-corrected chi connectivity index (χ1v) is 7.69. The Hall–Kier alpha value is -1.48. The van der Waals surface area contributed by atoms with Crippen LogP contribution >= 0.6 is 15.9 Å². The van der Waals surface area contributed by atoms with Gasteiger partial charge in [0.25, 0.3) is 0 Å². The number of hydrogen-bond donors (Lipinski definition) is 1. The van der Waals surface area contributed by atoms with Crippen molar-refractivity contribution >= 4 is 21.6 Å². The number of benzene rings is 2. The molecule has 0 fully saturated rings. The molecule has 1 aliphatic rings. The van der Waals surface area contributed by atoms with Crippen molar-refractivity contribution < 1.29 is 4.74 Å². The normalized spacial score (nSPS) is 20.9. The number of rotatable bonds is 2. The van der Waals surface area contributed by atoms with Gasteiger partial charge in [0.2, 0.25) is 0 Å². The predicted octanol–water partition coefficient (Wildman–Crippen LogP) is 4.94. The Morgan fingerprint density at radius 3 is 2.80 bits per heavy atom. The zero-order chi connectivity index (χ0) is 14.1. The van der Waals surface area contributed by atoms with Crippen molar-refractivity contribution in [2.75, 3.05) is 11.9 Å². The summed E-state index contributed by atoms with van der Waals surface area (Å²) in [6.07, 6.45) is 0. The fourth-order valence-electron chi connectivity index (χ4n) is 2.64. The third kappa shape index (κ3) is 2.42. The van der Waals surface area contributed by atoms with Gasteiger partial charge in [-0.25, -0.2) is 0 Å². The van der Waals surface area contributed by atoms with Crippen molar-refractivity contribution in [1.82, 2.24) is 0 Å². The number of ether oxygens (including phenoxy) is 1. The van der Waals surface area contributed by atoms with Gasteiger partial charge >= 0.3 is 0 Å². The van der Waals surface area contributed by atoms with Crippen molar-refractivity contribution in [3.05, 3.63) is 58.1 Å². The summed E-state index contributed by atoms with van der Waals surface area (Å²) in [6, 6.07) is 14.8. The lowest BCUT2D eigenvalue weighted by Gasteiger charge is -2.33. The van der Waals surface area contributed by atoms with Gasteiger partial charge in [0.1, 0.15) is 5.75 Å². The van der Waals surface area contributed by atoms with Crippen LogP contribution in [0.15, 0.2) is 46.9 Å². The van der Waals surface area contributed by atoms with Crippen molar-refractivity contribution in [1.29, 1.82) is 0 Å². The van der Waals surface area contributed by atoms with Crippen LogP contribution in [-0.4, -0.2) is 6.61 Å². The molecule has 20 heavy (non-hydrogen) atoms. The third-order valence-corrected chi connectivity index (χ3v) is 4.76. The molecule has 0 bridgehead atoms. The molecule has 0 saturated carbocycles. The van der Waals surface area contributed by atoms with E-state index in [9.17, 15) is 0 Å². The minimum absolute atomic E-state index is 0.285. The molecule has 2 aromatic rings. The molecule has 2 unspecified atom stereocenters. The summed E-state index contributed by atoms with van der Waals surface area (Å²) in [5, 5.41) is 3.69. The SMILES string of the molecule is Cc1c(Br)cccc1NC1c2ccccc2OCC1C. The Kier molecular flexibility index (Phi) is 3.70. The average molecular weight is 332 g/mol. The Morgan fingerprint density at radius 2 is 1.95 bits per heavy atom. The number of fused-ring (bicyclic) bond motifs is 1. The number of para-hydroxylation sites is 1. The van der Waals surface area contributed by atoms with Gasteiger partial charge < -0.3 is 10.1 Å². The first-order valence-electron chi connectivity index (χ1n) is 6.90. The van der Waals surface area contributed by atoms with E-state index < -0.39 is 0 Å². The van der Waals surface area contributed by atoms with Gasteiger partial charge in [-0.05, 0) is 30.7 Å². The molecule has 2 aromatic carbocycles. The maximum Gasteiger partial charge on any atom is 0.124 e. The van der Waals surface area contributed by atoms with E-state index in [1.54, 1.807) is 0 Å². The zero-order valence-electron chi connectivity index (χ0n) is 11.7. The van der Waals surface area contributed by atoms with E-state index in [-0.39, 0.29) is 6.04 Å². The first kappa shape index (κ1) is 13.5. The lowest BCUT2D eigenvalue weighted by atomic mass is 9.91. The number of halogens is 1. The van der Waals surface area contributed by atoms with Gasteiger partial charge in [-0.3, -0.25) is 0 Å². The van der Waals surface area contributed by atoms with Crippen LogP contribution in [-0.2, 0) is 0 Å². The molecule has 3 heteroatoms. The summed E-state index contributed by atoms with van der Waals surface area (Å²) in [6.45, 7) is 5.10. The van der Waals surface area contributed by atoms with Crippen LogP contribution < -0.4 is 10.1 Å². The third-order valence-electron chi connectivity index (χ3n) is 3.90. The van der Waals surface area contributed by atoms with Crippen molar-refractivity contribution in [2.45, 2.75) is 19.9 Å². The standard InChI is InChI=1S/C17H18BrNO/c1-11-10-20-16-9-4-3-6-13(16)17(11)19-15-8-5-7-14(18)12(15)2/h3-9,11,17,19H,10H2,1-2H3. The van der Waals surface area contributed by atoms with Crippen molar-refractivity contribution in [2.24, 2.45) is 5.92 Å². The molecule has 0 radical (unpaired) electrons. The topological polar surface area (TPSA) is 21.3 Å². The van der Waals surface area contributed by atoms with Gasteiger partial charge in [0.15, 0.2) is 0 Å². The fourth-order valence-corrected chi connectivity index (χ4v) is 3.01. The predicted molar refractivity (Wildman–Crippen MR) is 86.3 cm³/mol. The van der Waals surface area contributed by atoms with E-state index in [1.807, 2.05) is 12.1 Å². The van der Waals surface area contributed by atoms with Gasteiger partial charge in [-0.1, -0.05) is 47.1 Å². The second-order valence-electron chi connectivity index (χ2n) is 5.36. The average Bonchev–Trinajstić information content (AvgIpc) is 2.46. The molecule has 1 N–H and O–H groups in total. The second-order valence-corrected chi connectivity index (χ2v) is 6.21. The molecule has 0 saturated heterocycles. The Morgan fingerprint density at radius 1 is 1.15 bits per heavy atom. The summed E-state index contributed by atoms with van der Waals surface area (Å²) in [5.74, 6) is 1.43. The highest BCUT2D eigenvalue weighted by molar-refractivity contribution is 9.10. The van der Waals surface area contributed by atoms with E-state index in [1.165, 1.54) is 16.8 Å². The highest BCUT2D eigenvalue weighted by Crippen LogP contribution is 2.38. The van der Waals surface area contributed by atoms with Crippen molar-refractivity contribution in [3.63, 3.8) is 0 Å². The second kappa shape index (κ2) is 5.49.